The number of unbranched alkanes of at least 4 members (excludes halogenated alkanes) is 1. The van der Waals surface area contributed by atoms with Crippen LogP contribution >= 0.6 is 0 Å². The molecule has 0 bridgehead atoms. The standard InChI is InChI=1S/C8H18N.C4H9O.2ClH.Ti/c1-7(2)5-9-6-8(3)4;1-2-3-4-5;;;/h7-8H,5-6H2,1-4H3;2-4H2,1H3;2*1H;/q2*-1;;;+4/p-2. The average molecular weight is 320 g/mol. The van der Waals surface area contributed by atoms with E-state index in [1.165, 1.54) is 25.9 Å². The van der Waals surface area contributed by atoms with E-state index in [1.807, 2.05) is 0 Å². The summed E-state index contributed by atoms with van der Waals surface area (Å²) in [7, 11) is 0. The molecular weight excluding hydrogens is 293 g/mol. The van der Waals surface area contributed by atoms with Crippen molar-refractivity contribution in [3.05, 3.63) is 0 Å². The summed E-state index contributed by atoms with van der Waals surface area (Å²) >= 11 is -0.322. The molecule has 0 N–H and O–H groups in total. The zero-order valence-corrected chi connectivity index (χ0v) is 14.9. The number of hydrogen-bond donors (Lipinski definition) is 0. The van der Waals surface area contributed by atoms with Gasteiger partial charge in [-0.2, -0.15) is 0 Å². The van der Waals surface area contributed by atoms with Gasteiger partial charge in [0.05, 0.1) is 0 Å². The van der Waals surface area contributed by atoms with E-state index in [4.69, 9.17) is 3.32 Å². The minimum Gasteiger partial charge on any atom is -1.00 e. The van der Waals surface area contributed by atoms with Gasteiger partial charge in [-0.3, -0.25) is 0 Å². The molecule has 0 aliphatic rings. The Morgan fingerprint density at radius 1 is 1.00 bits per heavy atom. The molecule has 0 fully saturated rings. The normalized spacial score (nSPS) is 10.1. The molecule has 0 aliphatic carbocycles. The van der Waals surface area contributed by atoms with E-state index < -0.39 is 0 Å². The Morgan fingerprint density at radius 3 is 1.82 bits per heavy atom. The summed E-state index contributed by atoms with van der Waals surface area (Å²) in [5, 5.41) is 0. The fourth-order valence-corrected chi connectivity index (χ4v) is 3.41. The maximum Gasteiger partial charge on any atom is -1.00 e. The van der Waals surface area contributed by atoms with Crippen molar-refractivity contribution in [1.29, 1.82) is 0 Å². The van der Waals surface area contributed by atoms with Gasteiger partial charge in [0.2, 0.25) is 0 Å². The fraction of sp³-hybridized carbons (Fsp3) is 1.00. The molecule has 17 heavy (non-hydrogen) atoms. The molecule has 104 valence electrons. The average Bonchev–Trinajstić information content (AvgIpc) is 2.10. The van der Waals surface area contributed by atoms with Gasteiger partial charge in [0.25, 0.3) is 0 Å². The van der Waals surface area contributed by atoms with Crippen LogP contribution in [0.25, 0.3) is 0 Å². The Kier molecular flexibility index (Phi) is 20.9. The second-order valence-corrected chi connectivity index (χ2v) is 6.71. The second kappa shape index (κ2) is 15.3. The van der Waals surface area contributed by atoms with Crippen molar-refractivity contribution < 1.29 is 47.9 Å². The van der Waals surface area contributed by atoms with E-state index in [0.29, 0.717) is 0 Å². The summed E-state index contributed by atoms with van der Waals surface area (Å²) in [5.41, 5.74) is 0. The maximum atomic E-state index is 5.79. The minimum absolute atomic E-state index is 0. The molecule has 0 heterocycles. The fourth-order valence-electron chi connectivity index (χ4n) is 1.38. The van der Waals surface area contributed by atoms with Crippen LogP contribution in [0, 0.1) is 11.8 Å². The van der Waals surface area contributed by atoms with Crippen LogP contribution in [0.1, 0.15) is 47.5 Å². The summed E-state index contributed by atoms with van der Waals surface area (Å²) in [5.74, 6) is 1.50. The Morgan fingerprint density at radius 2 is 1.47 bits per heavy atom. The maximum absolute atomic E-state index is 5.79. The van der Waals surface area contributed by atoms with E-state index in [1.54, 1.807) is 0 Å². The third-order valence-electron chi connectivity index (χ3n) is 1.96. The molecule has 0 aliphatic heterocycles. The van der Waals surface area contributed by atoms with Gasteiger partial charge in [-0.15, -0.1) is 0 Å². The quantitative estimate of drug-likeness (QED) is 0.340. The molecule has 0 aromatic rings. The molecule has 0 amide bonds. The summed E-state index contributed by atoms with van der Waals surface area (Å²) in [6, 6.07) is 0. The number of nitrogens with zero attached hydrogens (tertiary/aromatic N) is 1. The molecule has 0 saturated carbocycles. The van der Waals surface area contributed by atoms with E-state index >= 15 is 0 Å². The van der Waals surface area contributed by atoms with Gasteiger partial charge < -0.3 is 24.8 Å². The molecule has 2 nitrogen and oxygen atoms in total. The van der Waals surface area contributed by atoms with Gasteiger partial charge in [-0.05, 0) is 0 Å². The molecule has 0 aromatic carbocycles. The van der Waals surface area contributed by atoms with Gasteiger partial charge in [-0.25, -0.2) is 0 Å². The second-order valence-electron chi connectivity index (χ2n) is 4.99. The van der Waals surface area contributed by atoms with Gasteiger partial charge in [-0.1, -0.05) is 0 Å². The van der Waals surface area contributed by atoms with Gasteiger partial charge in [0.15, 0.2) is 0 Å². The van der Waals surface area contributed by atoms with E-state index in [0.717, 1.165) is 18.4 Å². The third kappa shape index (κ3) is 17.2. The van der Waals surface area contributed by atoms with E-state index in [2.05, 4.69) is 38.0 Å². The molecule has 0 rings (SSSR count). The van der Waals surface area contributed by atoms with Crippen LogP contribution < -0.4 is 24.8 Å². The zero-order valence-electron chi connectivity index (χ0n) is 11.8. The Hall–Kier alpha value is 1.21. The van der Waals surface area contributed by atoms with Crippen molar-refractivity contribution in [2.75, 3.05) is 19.7 Å². The summed E-state index contributed by atoms with van der Waals surface area (Å²) < 4.78 is 8.34. The van der Waals surface area contributed by atoms with Crippen molar-refractivity contribution in [1.82, 2.24) is 3.38 Å². The molecule has 5 heteroatoms. The number of hydrogen-bond acceptors (Lipinski definition) is 2. The van der Waals surface area contributed by atoms with Crippen LogP contribution in [-0.4, -0.2) is 23.1 Å². The van der Waals surface area contributed by atoms with E-state index in [9.17, 15) is 0 Å². The Labute approximate surface area is 130 Å². The van der Waals surface area contributed by atoms with E-state index in [-0.39, 0.29) is 44.6 Å². The van der Waals surface area contributed by atoms with Gasteiger partial charge >= 0.3 is 105 Å². The van der Waals surface area contributed by atoms with Crippen molar-refractivity contribution in [3.8, 4) is 0 Å². The molecule has 0 spiro atoms. The molecular formula is C12H27Cl2NOTi. The van der Waals surface area contributed by atoms with Crippen molar-refractivity contribution in [2.45, 2.75) is 47.5 Å². The first-order valence-corrected chi connectivity index (χ1v) is 7.52. The monoisotopic (exact) mass is 319 g/mol. The first kappa shape index (κ1) is 23.3. The molecule has 0 unspecified atom stereocenters. The summed E-state index contributed by atoms with van der Waals surface area (Å²) in [6.45, 7) is 14.7. The Bertz CT molecular complexity index is 138. The van der Waals surface area contributed by atoms with Crippen LogP contribution in [0.2, 0.25) is 0 Å². The third-order valence-corrected chi connectivity index (χ3v) is 3.46. The zero-order chi connectivity index (χ0) is 11.7. The van der Waals surface area contributed by atoms with Crippen molar-refractivity contribution in [2.24, 2.45) is 11.8 Å². The number of halogens is 2. The van der Waals surface area contributed by atoms with Crippen LogP contribution in [0.5, 0.6) is 0 Å². The predicted octanol–water partition coefficient (Wildman–Crippen LogP) is -2.66. The largest absolute Gasteiger partial charge is 1.00 e. The summed E-state index contributed by atoms with van der Waals surface area (Å²) in [6.07, 6.45) is 2.45. The SMILES string of the molecule is CCCC[O][Ti+2][N](CC(C)C)CC(C)C.[Cl-].[Cl-]. The van der Waals surface area contributed by atoms with Crippen LogP contribution in [-0.2, 0) is 23.1 Å². The molecule has 0 aromatic heterocycles. The number of rotatable bonds is 9. The van der Waals surface area contributed by atoms with Crippen molar-refractivity contribution >= 4 is 0 Å². The smallest absolute Gasteiger partial charge is 1.00 e. The first-order valence-electron chi connectivity index (χ1n) is 6.18. The van der Waals surface area contributed by atoms with Crippen LogP contribution in [0.4, 0.5) is 0 Å². The topological polar surface area (TPSA) is 12.5 Å². The van der Waals surface area contributed by atoms with Gasteiger partial charge in [0, 0.05) is 0 Å². The molecule has 0 radical (unpaired) electrons. The first-order chi connectivity index (χ1) is 7.06. The van der Waals surface area contributed by atoms with Crippen LogP contribution in [0.3, 0.4) is 0 Å². The summed E-state index contributed by atoms with van der Waals surface area (Å²) in [4.78, 5) is 0. The van der Waals surface area contributed by atoms with Crippen molar-refractivity contribution in [3.63, 3.8) is 0 Å². The minimum atomic E-state index is -0.322. The predicted molar refractivity (Wildman–Crippen MR) is 62.1 cm³/mol. The van der Waals surface area contributed by atoms with Gasteiger partial charge in [0.1, 0.15) is 0 Å². The molecule has 0 atom stereocenters. The Balaban J connectivity index is -0.000000980. The molecule has 0 saturated heterocycles. The van der Waals surface area contributed by atoms with Crippen LogP contribution in [0.15, 0.2) is 0 Å².